The lowest BCUT2D eigenvalue weighted by Gasteiger charge is -2.43. The van der Waals surface area contributed by atoms with Crippen molar-refractivity contribution in [2.24, 2.45) is 0 Å². The van der Waals surface area contributed by atoms with Crippen LogP contribution in [0.5, 0.6) is 0 Å². The topological polar surface area (TPSA) is 115 Å². The standard InChI is InChI=1S/C17H17Cl2N5O4S2/c1-27-15-13(24-5-10(22-23-24)16-21-12(19)7-29-16)14(26)11(6-25)28-17(15)30-9-2-8(18)3-20-4-9/h2-5,7,11,13-15,17,25-26H,6H2,1H3/t11?,13-,14-,15?,17+/m0/s1. The van der Waals surface area contributed by atoms with Crippen molar-refractivity contribution in [3.63, 3.8) is 0 Å². The van der Waals surface area contributed by atoms with Crippen LogP contribution >= 0.6 is 46.3 Å². The predicted octanol–water partition coefficient (Wildman–Crippen LogP) is 2.53. The number of hydrogen-bond acceptors (Lipinski definition) is 10. The summed E-state index contributed by atoms with van der Waals surface area (Å²) in [5.74, 6) is 0. The molecule has 160 valence electrons. The van der Waals surface area contributed by atoms with E-state index in [1.807, 2.05) is 0 Å². The van der Waals surface area contributed by atoms with Gasteiger partial charge in [-0.2, -0.15) is 0 Å². The maximum atomic E-state index is 10.9. The van der Waals surface area contributed by atoms with Gasteiger partial charge in [-0.15, -0.1) is 16.4 Å². The number of rotatable bonds is 6. The van der Waals surface area contributed by atoms with E-state index in [-0.39, 0.29) is 6.61 Å². The molecule has 1 aliphatic rings. The van der Waals surface area contributed by atoms with Gasteiger partial charge in [0.2, 0.25) is 0 Å². The Morgan fingerprint density at radius 1 is 1.37 bits per heavy atom. The van der Waals surface area contributed by atoms with Crippen LogP contribution < -0.4 is 0 Å². The first-order valence-corrected chi connectivity index (χ1v) is 11.3. The van der Waals surface area contributed by atoms with E-state index in [0.717, 1.165) is 4.90 Å². The molecular formula is C17H17Cl2N5O4S2. The summed E-state index contributed by atoms with van der Waals surface area (Å²) in [5.41, 5.74) is -0.0491. The lowest BCUT2D eigenvalue weighted by atomic mass is 9.97. The lowest BCUT2D eigenvalue weighted by Crippen LogP contribution is -2.55. The molecular weight excluding hydrogens is 473 g/mol. The quantitative estimate of drug-likeness (QED) is 0.538. The second-order valence-electron chi connectivity index (χ2n) is 6.42. The summed E-state index contributed by atoms with van der Waals surface area (Å²) in [6.07, 6.45) is 2.32. The van der Waals surface area contributed by atoms with E-state index in [1.54, 1.807) is 23.8 Å². The maximum absolute atomic E-state index is 10.9. The van der Waals surface area contributed by atoms with Crippen LogP contribution in [0.2, 0.25) is 10.2 Å². The van der Waals surface area contributed by atoms with E-state index >= 15 is 0 Å². The Morgan fingerprint density at radius 2 is 2.20 bits per heavy atom. The van der Waals surface area contributed by atoms with Gasteiger partial charge in [-0.1, -0.05) is 40.2 Å². The van der Waals surface area contributed by atoms with Crippen molar-refractivity contribution in [3.05, 3.63) is 40.2 Å². The monoisotopic (exact) mass is 489 g/mol. The second kappa shape index (κ2) is 9.45. The Hall–Kier alpha value is -1.31. The Labute approximate surface area is 190 Å². The van der Waals surface area contributed by atoms with Gasteiger partial charge in [0.05, 0.1) is 17.8 Å². The number of aromatic nitrogens is 5. The summed E-state index contributed by atoms with van der Waals surface area (Å²) in [6, 6.07) is 1.09. The molecule has 1 fully saturated rings. The summed E-state index contributed by atoms with van der Waals surface area (Å²) >= 11 is 14.6. The molecule has 0 saturated carbocycles. The van der Waals surface area contributed by atoms with Gasteiger partial charge < -0.3 is 19.7 Å². The normalized spacial score (nSPS) is 26.8. The first-order valence-electron chi connectivity index (χ1n) is 8.77. The first-order chi connectivity index (χ1) is 14.5. The molecule has 2 unspecified atom stereocenters. The molecule has 0 aromatic carbocycles. The zero-order valence-corrected chi connectivity index (χ0v) is 18.6. The van der Waals surface area contributed by atoms with Crippen molar-refractivity contribution in [2.75, 3.05) is 13.7 Å². The van der Waals surface area contributed by atoms with Crippen molar-refractivity contribution in [2.45, 2.75) is 34.7 Å². The highest BCUT2D eigenvalue weighted by molar-refractivity contribution is 7.99. The largest absolute Gasteiger partial charge is 0.394 e. The minimum absolute atomic E-state index is 0.372. The number of halogens is 2. The molecule has 13 heteroatoms. The van der Waals surface area contributed by atoms with Gasteiger partial charge >= 0.3 is 0 Å². The molecule has 30 heavy (non-hydrogen) atoms. The molecule has 0 bridgehead atoms. The molecule has 1 saturated heterocycles. The van der Waals surface area contributed by atoms with Crippen LogP contribution in [-0.2, 0) is 9.47 Å². The lowest BCUT2D eigenvalue weighted by molar-refractivity contribution is -0.186. The van der Waals surface area contributed by atoms with Crippen LogP contribution in [0.3, 0.4) is 0 Å². The minimum Gasteiger partial charge on any atom is -0.394 e. The Kier molecular flexibility index (Phi) is 6.90. The average Bonchev–Trinajstić information content (AvgIpc) is 3.37. The number of aliphatic hydroxyl groups excluding tert-OH is 2. The Morgan fingerprint density at radius 3 is 2.87 bits per heavy atom. The van der Waals surface area contributed by atoms with Gasteiger partial charge in [0.1, 0.15) is 45.6 Å². The van der Waals surface area contributed by atoms with Crippen LogP contribution in [-0.4, -0.2) is 72.6 Å². The van der Waals surface area contributed by atoms with E-state index in [9.17, 15) is 10.2 Å². The van der Waals surface area contributed by atoms with Crippen LogP contribution in [0, 0.1) is 0 Å². The number of thiazole rings is 1. The fourth-order valence-electron chi connectivity index (χ4n) is 3.19. The van der Waals surface area contributed by atoms with Crippen molar-refractivity contribution in [3.8, 4) is 10.7 Å². The first kappa shape index (κ1) is 21.9. The van der Waals surface area contributed by atoms with Crippen molar-refractivity contribution in [1.29, 1.82) is 0 Å². The molecule has 4 heterocycles. The van der Waals surface area contributed by atoms with Gasteiger partial charge in [-0.25, -0.2) is 9.67 Å². The third kappa shape index (κ3) is 4.48. The molecule has 0 amide bonds. The van der Waals surface area contributed by atoms with Crippen LogP contribution in [0.4, 0.5) is 0 Å². The van der Waals surface area contributed by atoms with E-state index < -0.39 is 29.8 Å². The molecule has 2 N–H and O–H groups in total. The Bertz CT molecular complexity index is 1010. The van der Waals surface area contributed by atoms with E-state index in [1.165, 1.54) is 41.1 Å². The van der Waals surface area contributed by atoms with Crippen LogP contribution in [0.1, 0.15) is 6.04 Å². The SMILES string of the molecule is COC1[C@@H](Sc2cncc(Cl)c2)OC(CO)[C@H](O)[C@@H]1n1cc(-c2nc(Cl)cs2)nn1. The fraction of sp³-hybridized carbons (Fsp3) is 0.412. The van der Waals surface area contributed by atoms with Gasteiger partial charge in [-0.3, -0.25) is 4.98 Å². The minimum atomic E-state index is -1.08. The Balaban J connectivity index is 1.65. The van der Waals surface area contributed by atoms with Gasteiger partial charge in [0.25, 0.3) is 0 Å². The zero-order valence-electron chi connectivity index (χ0n) is 15.5. The average molecular weight is 490 g/mol. The third-order valence-corrected chi connectivity index (χ3v) is 7.04. The number of nitrogens with zero attached hydrogens (tertiary/aromatic N) is 5. The molecule has 9 nitrogen and oxygen atoms in total. The maximum Gasteiger partial charge on any atom is 0.147 e. The molecule has 4 rings (SSSR count). The second-order valence-corrected chi connectivity index (χ2v) is 9.28. The van der Waals surface area contributed by atoms with Crippen molar-refractivity contribution < 1.29 is 19.7 Å². The third-order valence-electron chi connectivity index (χ3n) is 4.54. The molecule has 3 aromatic heterocycles. The summed E-state index contributed by atoms with van der Waals surface area (Å²) in [7, 11) is 1.52. The van der Waals surface area contributed by atoms with Crippen molar-refractivity contribution in [1.82, 2.24) is 25.0 Å². The fourth-order valence-corrected chi connectivity index (χ4v) is 5.52. The highest BCUT2D eigenvalue weighted by atomic mass is 35.5. The number of pyridine rings is 1. The smallest absolute Gasteiger partial charge is 0.147 e. The van der Waals surface area contributed by atoms with E-state index in [4.69, 9.17) is 32.7 Å². The van der Waals surface area contributed by atoms with Crippen LogP contribution in [0.15, 0.2) is 34.9 Å². The van der Waals surface area contributed by atoms with E-state index in [0.29, 0.717) is 20.9 Å². The van der Waals surface area contributed by atoms with Crippen molar-refractivity contribution >= 4 is 46.3 Å². The molecule has 5 atom stereocenters. The number of hydrogen-bond donors (Lipinski definition) is 2. The molecule has 0 spiro atoms. The summed E-state index contributed by atoms with van der Waals surface area (Å²) in [6.45, 7) is -0.372. The van der Waals surface area contributed by atoms with Gasteiger partial charge in [0.15, 0.2) is 0 Å². The zero-order chi connectivity index (χ0) is 21.3. The molecule has 3 aromatic rings. The molecule has 0 radical (unpaired) electrons. The highest BCUT2D eigenvalue weighted by Crippen LogP contribution is 2.40. The summed E-state index contributed by atoms with van der Waals surface area (Å²) < 4.78 is 13.1. The highest BCUT2D eigenvalue weighted by Gasteiger charge is 2.47. The molecule has 0 aliphatic carbocycles. The van der Waals surface area contributed by atoms with Gasteiger partial charge in [-0.05, 0) is 6.07 Å². The van der Waals surface area contributed by atoms with Gasteiger partial charge in [0, 0.05) is 29.8 Å². The summed E-state index contributed by atoms with van der Waals surface area (Å²) in [4.78, 5) is 9.03. The predicted molar refractivity (Wildman–Crippen MR) is 113 cm³/mol. The number of methoxy groups -OCH3 is 1. The number of ether oxygens (including phenoxy) is 2. The van der Waals surface area contributed by atoms with Crippen LogP contribution in [0.25, 0.3) is 10.7 Å². The number of aliphatic hydroxyl groups is 2. The number of thioether (sulfide) groups is 1. The summed E-state index contributed by atoms with van der Waals surface area (Å²) in [5, 5.41) is 32.1. The molecule has 1 aliphatic heterocycles. The van der Waals surface area contributed by atoms with E-state index in [2.05, 4.69) is 20.3 Å².